The number of hydrogen-bond acceptors (Lipinski definition) is 6. The van der Waals surface area contributed by atoms with E-state index in [2.05, 4.69) is 26.9 Å². The maximum absolute atomic E-state index is 13.2. The number of nitrogens with one attached hydrogen (secondary N) is 1. The molecular formula is C22H24N6O3S. The third kappa shape index (κ3) is 3.91. The fourth-order valence-electron chi connectivity index (χ4n) is 4.55. The quantitative estimate of drug-likeness (QED) is 0.635. The monoisotopic (exact) mass is 452 g/mol. The number of rotatable bonds is 5. The summed E-state index contributed by atoms with van der Waals surface area (Å²) in [5, 5.41) is 14.0. The van der Waals surface area contributed by atoms with Crippen LogP contribution in [0.4, 0.5) is 5.69 Å². The van der Waals surface area contributed by atoms with Crippen LogP contribution in [0.2, 0.25) is 0 Å². The van der Waals surface area contributed by atoms with E-state index in [1.165, 1.54) is 26.4 Å². The Labute approximate surface area is 186 Å². The van der Waals surface area contributed by atoms with Crippen LogP contribution in [-0.2, 0) is 27.7 Å². The lowest BCUT2D eigenvalue weighted by atomic mass is 9.98. The van der Waals surface area contributed by atoms with Crippen molar-refractivity contribution in [2.45, 2.75) is 37.0 Å². The first-order valence-electron chi connectivity index (χ1n) is 10.8. The third-order valence-electron chi connectivity index (χ3n) is 6.25. The van der Waals surface area contributed by atoms with Gasteiger partial charge in [0.1, 0.15) is 6.33 Å². The van der Waals surface area contributed by atoms with Gasteiger partial charge in [0.25, 0.3) is 0 Å². The summed E-state index contributed by atoms with van der Waals surface area (Å²) in [4.78, 5) is 13.2. The smallest absolute Gasteiger partial charge is 0.243 e. The van der Waals surface area contributed by atoms with E-state index in [1.807, 2.05) is 12.1 Å². The van der Waals surface area contributed by atoms with E-state index in [-0.39, 0.29) is 23.3 Å². The van der Waals surface area contributed by atoms with Gasteiger partial charge in [0.05, 0.1) is 16.5 Å². The number of carbonyl (C=O) groups excluding carboxylic acids is 1. The van der Waals surface area contributed by atoms with Crippen LogP contribution < -0.4 is 5.32 Å². The van der Waals surface area contributed by atoms with E-state index in [1.54, 1.807) is 24.3 Å². The number of anilines is 1. The van der Waals surface area contributed by atoms with Crippen molar-refractivity contribution in [1.29, 1.82) is 0 Å². The van der Waals surface area contributed by atoms with Gasteiger partial charge in [-0.3, -0.25) is 4.79 Å². The summed E-state index contributed by atoms with van der Waals surface area (Å²) in [6.45, 7) is 0.583. The molecule has 0 saturated carbocycles. The number of fused-ring (bicyclic) bond motifs is 1. The van der Waals surface area contributed by atoms with Gasteiger partial charge in [-0.2, -0.15) is 4.31 Å². The molecule has 0 radical (unpaired) electrons. The van der Waals surface area contributed by atoms with E-state index in [9.17, 15) is 13.2 Å². The van der Waals surface area contributed by atoms with Crippen LogP contribution >= 0.6 is 0 Å². The molecule has 1 atom stereocenters. The zero-order valence-electron chi connectivity index (χ0n) is 17.5. The first kappa shape index (κ1) is 20.8. The summed E-state index contributed by atoms with van der Waals surface area (Å²) in [7, 11) is -3.70. The highest BCUT2D eigenvalue weighted by molar-refractivity contribution is 7.89. The predicted octanol–water partition coefficient (Wildman–Crippen LogP) is 2.19. The molecule has 166 valence electrons. The van der Waals surface area contributed by atoms with Crippen molar-refractivity contribution in [3.8, 4) is 5.69 Å². The van der Waals surface area contributed by atoms with E-state index in [4.69, 9.17) is 0 Å². The molecule has 2 aliphatic rings. The molecule has 1 aliphatic carbocycles. The molecule has 0 spiro atoms. The Hall–Kier alpha value is -3.11. The van der Waals surface area contributed by atoms with Gasteiger partial charge < -0.3 is 5.32 Å². The summed E-state index contributed by atoms with van der Waals surface area (Å²) in [6, 6.07) is 12.4. The van der Waals surface area contributed by atoms with Crippen LogP contribution in [0.5, 0.6) is 0 Å². The minimum absolute atomic E-state index is 0.112. The molecular weight excluding hydrogens is 428 g/mol. The van der Waals surface area contributed by atoms with E-state index in [0.717, 1.165) is 24.9 Å². The molecule has 1 aliphatic heterocycles. The van der Waals surface area contributed by atoms with Gasteiger partial charge in [0.2, 0.25) is 15.9 Å². The highest BCUT2D eigenvalue weighted by Gasteiger charge is 2.33. The summed E-state index contributed by atoms with van der Waals surface area (Å²) in [5.74, 6) is -0.490. The molecule has 5 rings (SSSR count). The van der Waals surface area contributed by atoms with Gasteiger partial charge in [0.15, 0.2) is 0 Å². The molecule has 0 bridgehead atoms. The number of piperidine rings is 1. The van der Waals surface area contributed by atoms with Gasteiger partial charge >= 0.3 is 0 Å². The standard InChI is InChI=1S/C22H24N6O3S/c29-22(24-21-8-2-5-16-4-1-7-20(16)21)17-6-3-13-27(14-17)32(30,31)19-11-9-18(10-12-19)28-15-23-25-26-28/h2,5,8-12,15,17H,1,3-4,6-7,13-14H2,(H,24,29). The Kier molecular flexibility index (Phi) is 5.48. The van der Waals surface area contributed by atoms with Gasteiger partial charge in [-0.15, -0.1) is 5.10 Å². The predicted molar refractivity (Wildman–Crippen MR) is 118 cm³/mol. The molecule has 1 fully saturated rings. The minimum Gasteiger partial charge on any atom is -0.326 e. The van der Waals surface area contributed by atoms with Crippen LogP contribution in [0.3, 0.4) is 0 Å². The fourth-order valence-corrected chi connectivity index (χ4v) is 6.07. The number of hydrogen-bond donors (Lipinski definition) is 1. The summed E-state index contributed by atoms with van der Waals surface area (Å²) in [6.07, 6.45) is 5.87. The first-order chi connectivity index (χ1) is 15.5. The van der Waals surface area contributed by atoms with Crippen LogP contribution in [0.1, 0.15) is 30.4 Å². The van der Waals surface area contributed by atoms with Crippen molar-refractivity contribution in [2.75, 3.05) is 18.4 Å². The van der Waals surface area contributed by atoms with E-state index >= 15 is 0 Å². The van der Waals surface area contributed by atoms with Crippen molar-refractivity contribution in [1.82, 2.24) is 24.5 Å². The normalized spacial score (nSPS) is 18.9. The second-order valence-electron chi connectivity index (χ2n) is 8.24. The molecule has 32 heavy (non-hydrogen) atoms. The number of sulfonamides is 1. The highest BCUT2D eigenvalue weighted by atomic mass is 32.2. The zero-order valence-corrected chi connectivity index (χ0v) is 18.3. The molecule has 9 nitrogen and oxygen atoms in total. The number of amides is 1. The lowest BCUT2D eigenvalue weighted by Crippen LogP contribution is -2.43. The Balaban J connectivity index is 1.30. The average molecular weight is 453 g/mol. The second kappa shape index (κ2) is 8.44. The van der Waals surface area contributed by atoms with Crippen molar-refractivity contribution < 1.29 is 13.2 Å². The minimum atomic E-state index is -3.70. The number of nitrogens with zero attached hydrogens (tertiary/aromatic N) is 5. The van der Waals surface area contributed by atoms with Crippen LogP contribution in [0, 0.1) is 5.92 Å². The molecule has 1 saturated heterocycles. The third-order valence-corrected chi connectivity index (χ3v) is 8.13. The molecule has 3 aromatic rings. The summed E-state index contributed by atoms with van der Waals surface area (Å²) < 4.78 is 29.3. The number of carbonyl (C=O) groups is 1. The van der Waals surface area contributed by atoms with Crippen molar-refractivity contribution >= 4 is 21.6 Å². The van der Waals surface area contributed by atoms with Crippen molar-refractivity contribution in [2.24, 2.45) is 5.92 Å². The lowest BCUT2D eigenvalue weighted by Gasteiger charge is -2.31. The molecule has 1 amide bonds. The SMILES string of the molecule is O=C(Nc1cccc2c1CCC2)C1CCCN(S(=O)(=O)c2ccc(-n3cnnn3)cc2)C1. The number of aryl methyl sites for hydroxylation is 1. The molecule has 1 N–H and O–H groups in total. The summed E-state index contributed by atoms with van der Waals surface area (Å²) >= 11 is 0. The van der Waals surface area contributed by atoms with Crippen molar-refractivity contribution in [3.63, 3.8) is 0 Å². The summed E-state index contributed by atoms with van der Waals surface area (Å²) in [5.41, 5.74) is 4.04. The Morgan fingerprint density at radius 1 is 1.06 bits per heavy atom. The van der Waals surface area contributed by atoms with Crippen LogP contribution in [0.15, 0.2) is 53.7 Å². The number of aromatic nitrogens is 4. The average Bonchev–Trinajstić information content (AvgIpc) is 3.52. The fraction of sp³-hybridized carbons (Fsp3) is 0.364. The zero-order chi connectivity index (χ0) is 22.1. The Morgan fingerprint density at radius 2 is 1.91 bits per heavy atom. The van der Waals surface area contributed by atoms with E-state index in [0.29, 0.717) is 25.1 Å². The number of benzene rings is 2. The second-order valence-corrected chi connectivity index (χ2v) is 10.2. The van der Waals surface area contributed by atoms with Gasteiger partial charge in [0, 0.05) is 18.8 Å². The molecule has 2 aromatic carbocycles. The van der Waals surface area contributed by atoms with E-state index < -0.39 is 10.0 Å². The van der Waals surface area contributed by atoms with Crippen LogP contribution in [0.25, 0.3) is 5.69 Å². The largest absolute Gasteiger partial charge is 0.326 e. The van der Waals surface area contributed by atoms with Crippen molar-refractivity contribution in [3.05, 3.63) is 59.9 Å². The highest BCUT2D eigenvalue weighted by Crippen LogP contribution is 2.30. The molecule has 2 heterocycles. The topological polar surface area (TPSA) is 110 Å². The Morgan fingerprint density at radius 3 is 2.69 bits per heavy atom. The Bertz CT molecular complexity index is 1230. The number of tetrazole rings is 1. The molecule has 1 unspecified atom stereocenters. The van der Waals surface area contributed by atoms with Gasteiger partial charge in [-0.05, 0) is 84.0 Å². The molecule has 10 heteroatoms. The maximum atomic E-state index is 13.2. The van der Waals surface area contributed by atoms with Gasteiger partial charge in [-0.1, -0.05) is 12.1 Å². The van der Waals surface area contributed by atoms with Crippen LogP contribution in [-0.4, -0.2) is 51.9 Å². The van der Waals surface area contributed by atoms with Gasteiger partial charge in [-0.25, -0.2) is 13.1 Å². The maximum Gasteiger partial charge on any atom is 0.243 e. The first-order valence-corrected chi connectivity index (χ1v) is 12.2. The lowest BCUT2D eigenvalue weighted by molar-refractivity contribution is -0.120. The molecule has 1 aromatic heterocycles.